The molecule has 29 heavy (non-hydrogen) atoms. The lowest BCUT2D eigenvalue weighted by atomic mass is 9.98. The van der Waals surface area contributed by atoms with Gasteiger partial charge in [0.15, 0.2) is 5.96 Å². The number of rotatable bonds is 7. The number of nitrogens with one attached hydrogen (secondary N) is 2. The first-order valence-corrected chi connectivity index (χ1v) is 10.9. The summed E-state index contributed by atoms with van der Waals surface area (Å²) in [7, 11) is 3.54. The number of nitrogens with zero attached hydrogens (tertiary/aromatic N) is 2. The number of methoxy groups -OCH3 is 1. The van der Waals surface area contributed by atoms with Gasteiger partial charge in [0.05, 0.1) is 7.11 Å². The van der Waals surface area contributed by atoms with Crippen LogP contribution in [0.2, 0.25) is 0 Å². The van der Waals surface area contributed by atoms with Gasteiger partial charge in [-0.15, -0.1) is 35.3 Å². The molecule has 160 valence electrons. The number of benzene rings is 1. The molecule has 0 saturated carbocycles. The Balaban J connectivity index is 0.00000300. The summed E-state index contributed by atoms with van der Waals surface area (Å²) in [6.07, 6.45) is 2.54. The van der Waals surface area contributed by atoms with Crippen molar-refractivity contribution < 1.29 is 4.74 Å². The maximum Gasteiger partial charge on any atom is 0.191 e. The molecule has 0 amide bonds. The summed E-state index contributed by atoms with van der Waals surface area (Å²) in [6.45, 7) is 7.15. The molecule has 0 radical (unpaired) electrons. The number of guanidine groups is 1. The molecule has 5 nitrogen and oxygen atoms in total. The van der Waals surface area contributed by atoms with Gasteiger partial charge in [-0.25, -0.2) is 0 Å². The number of piperidine rings is 1. The minimum Gasteiger partial charge on any atom is -0.496 e. The van der Waals surface area contributed by atoms with E-state index in [0.717, 1.165) is 36.9 Å². The fourth-order valence-corrected chi connectivity index (χ4v) is 4.47. The van der Waals surface area contributed by atoms with Gasteiger partial charge >= 0.3 is 0 Å². The maximum atomic E-state index is 5.50. The van der Waals surface area contributed by atoms with Gasteiger partial charge in [0.25, 0.3) is 0 Å². The molecule has 1 unspecified atom stereocenters. The summed E-state index contributed by atoms with van der Waals surface area (Å²) in [5, 5.41) is 9.09. The number of hydrogen-bond acceptors (Lipinski definition) is 4. The van der Waals surface area contributed by atoms with Crippen molar-refractivity contribution in [1.82, 2.24) is 15.5 Å². The van der Waals surface area contributed by atoms with Crippen molar-refractivity contribution in [2.24, 2.45) is 10.9 Å². The highest BCUT2D eigenvalue weighted by Gasteiger charge is 2.20. The average Bonchev–Trinajstić information content (AvgIpc) is 3.22. The van der Waals surface area contributed by atoms with Gasteiger partial charge in [-0.05, 0) is 55.3 Å². The molecule has 2 aromatic rings. The van der Waals surface area contributed by atoms with Crippen LogP contribution in [0.3, 0.4) is 0 Å². The standard InChI is InChI=1S/C22H32N4OS.HI/c1-17-8-9-19(21(12-17)27-3)14-25-22(23-2)24-13-18-6-4-10-26(15-18)16-20-7-5-11-28-20;/h5,7-9,11-12,18H,4,6,10,13-16H2,1-3H3,(H2,23,24,25);1H. The molecule has 1 aliphatic heterocycles. The lowest BCUT2D eigenvalue weighted by molar-refractivity contribution is 0.169. The molecule has 0 aliphatic carbocycles. The maximum absolute atomic E-state index is 5.50. The Morgan fingerprint density at radius 1 is 1.31 bits per heavy atom. The Morgan fingerprint density at radius 3 is 2.90 bits per heavy atom. The molecule has 1 aliphatic rings. The number of hydrogen-bond donors (Lipinski definition) is 2. The van der Waals surface area contributed by atoms with Crippen molar-refractivity contribution in [3.8, 4) is 5.75 Å². The summed E-state index contributed by atoms with van der Waals surface area (Å²) in [4.78, 5) is 8.42. The second-order valence-corrected chi connectivity index (χ2v) is 8.48. The number of thiophene rings is 1. The number of likely N-dealkylation sites (tertiary alicyclic amines) is 1. The highest BCUT2D eigenvalue weighted by molar-refractivity contribution is 14.0. The smallest absolute Gasteiger partial charge is 0.191 e. The topological polar surface area (TPSA) is 48.9 Å². The molecule has 3 rings (SSSR count). The van der Waals surface area contributed by atoms with E-state index in [1.165, 1.54) is 29.8 Å². The fourth-order valence-electron chi connectivity index (χ4n) is 3.72. The third-order valence-corrected chi connectivity index (χ3v) is 6.09. The second-order valence-electron chi connectivity index (χ2n) is 7.44. The molecule has 7 heteroatoms. The summed E-state index contributed by atoms with van der Waals surface area (Å²) >= 11 is 1.85. The zero-order chi connectivity index (χ0) is 19.8. The van der Waals surface area contributed by atoms with E-state index in [2.05, 4.69) is 63.2 Å². The Bertz CT molecular complexity index is 766. The lowest BCUT2D eigenvalue weighted by Crippen LogP contribution is -2.44. The number of halogens is 1. The van der Waals surface area contributed by atoms with Crippen LogP contribution in [-0.2, 0) is 13.1 Å². The van der Waals surface area contributed by atoms with Gasteiger partial charge in [0.2, 0.25) is 0 Å². The van der Waals surface area contributed by atoms with Gasteiger partial charge in [0, 0.05) is 43.7 Å². The summed E-state index contributed by atoms with van der Waals surface area (Å²) < 4.78 is 5.50. The van der Waals surface area contributed by atoms with Crippen LogP contribution in [0.5, 0.6) is 5.75 Å². The van der Waals surface area contributed by atoms with Crippen molar-refractivity contribution >= 4 is 41.3 Å². The van der Waals surface area contributed by atoms with E-state index in [4.69, 9.17) is 4.74 Å². The third-order valence-electron chi connectivity index (χ3n) is 5.23. The normalized spacial score (nSPS) is 17.5. The quantitative estimate of drug-likeness (QED) is 0.321. The SMILES string of the molecule is CN=C(NCc1ccc(C)cc1OC)NCC1CCCN(Cc2cccs2)C1.I. The van der Waals surface area contributed by atoms with Crippen LogP contribution in [0.15, 0.2) is 40.7 Å². The van der Waals surface area contributed by atoms with E-state index in [9.17, 15) is 0 Å². The van der Waals surface area contributed by atoms with Crippen molar-refractivity contribution in [1.29, 1.82) is 0 Å². The van der Waals surface area contributed by atoms with Crippen molar-refractivity contribution in [2.45, 2.75) is 32.9 Å². The number of aliphatic imine (C=N–C) groups is 1. The van der Waals surface area contributed by atoms with Gasteiger partial charge in [-0.3, -0.25) is 9.89 Å². The first kappa shape index (κ1) is 24.0. The third kappa shape index (κ3) is 7.46. The zero-order valence-electron chi connectivity index (χ0n) is 17.6. The van der Waals surface area contributed by atoms with E-state index in [1.54, 1.807) is 7.11 Å². The van der Waals surface area contributed by atoms with Crippen LogP contribution < -0.4 is 15.4 Å². The molecule has 1 aromatic carbocycles. The first-order chi connectivity index (χ1) is 13.7. The molecule has 0 bridgehead atoms. The molecule has 1 fully saturated rings. The van der Waals surface area contributed by atoms with Crippen LogP contribution in [-0.4, -0.2) is 44.7 Å². The predicted octanol–water partition coefficient (Wildman–Crippen LogP) is 4.26. The van der Waals surface area contributed by atoms with Crippen molar-refractivity contribution in [2.75, 3.05) is 33.8 Å². The van der Waals surface area contributed by atoms with Crippen LogP contribution >= 0.6 is 35.3 Å². The Hall–Kier alpha value is -1.32. The monoisotopic (exact) mass is 528 g/mol. The van der Waals surface area contributed by atoms with Gasteiger partial charge < -0.3 is 15.4 Å². The average molecular weight is 529 g/mol. The van der Waals surface area contributed by atoms with E-state index >= 15 is 0 Å². The summed E-state index contributed by atoms with van der Waals surface area (Å²) in [5.41, 5.74) is 2.34. The molecule has 0 spiro atoms. The molecule has 1 saturated heterocycles. The molecule has 2 heterocycles. The zero-order valence-corrected chi connectivity index (χ0v) is 20.8. The predicted molar refractivity (Wildman–Crippen MR) is 134 cm³/mol. The van der Waals surface area contributed by atoms with Crippen molar-refractivity contribution in [3.05, 3.63) is 51.7 Å². The molecule has 2 N–H and O–H groups in total. The van der Waals surface area contributed by atoms with Crippen LogP contribution in [0.25, 0.3) is 0 Å². The molecular formula is C22H33IN4OS. The van der Waals surface area contributed by atoms with Gasteiger partial charge in [-0.2, -0.15) is 0 Å². The van der Waals surface area contributed by atoms with E-state index in [-0.39, 0.29) is 24.0 Å². The van der Waals surface area contributed by atoms with E-state index in [1.807, 2.05) is 18.4 Å². The fraction of sp³-hybridized carbons (Fsp3) is 0.500. The highest BCUT2D eigenvalue weighted by atomic mass is 127. The van der Waals surface area contributed by atoms with Crippen molar-refractivity contribution in [3.63, 3.8) is 0 Å². The van der Waals surface area contributed by atoms with Gasteiger partial charge in [-0.1, -0.05) is 18.2 Å². The van der Waals surface area contributed by atoms with Crippen LogP contribution in [0.4, 0.5) is 0 Å². The minimum absolute atomic E-state index is 0. The molecular weight excluding hydrogens is 495 g/mol. The Kier molecular flexibility index (Phi) is 10.2. The second kappa shape index (κ2) is 12.4. The largest absolute Gasteiger partial charge is 0.496 e. The molecule has 1 aromatic heterocycles. The van der Waals surface area contributed by atoms with Gasteiger partial charge in [0.1, 0.15) is 5.75 Å². The first-order valence-electron chi connectivity index (χ1n) is 10.0. The summed E-state index contributed by atoms with van der Waals surface area (Å²) in [5.74, 6) is 2.42. The van der Waals surface area contributed by atoms with E-state index < -0.39 is 0 Å². The number of ether oxygens (including phenoxy) is 1. The van der Waals surface area contributed by atoms with Crippen LogP contribution in [0, 0.1) is 12.8 Å². The Morgan fingerprint density at radius 2 is 2.17 bits per heavy atom. The highest BCUT2D eigenvalue weighted by Crippen LogP contribution is 2.21. The van der Waals surface area contributed by atoms with E-state index in [0.29, 0.717) is 12.5 Å². The Labute approximate surface area is 196 Å². The summed E-state index contributed by atoms with van der Waals surface area (Å²) in [6, 6.07) is 10.7. The lowest BCUT2D eigenvalue weighted by Gasteiger charge is -2.32. The van der Waals surface area contributed by atoms with Crippen LogP contribution in [0.1, 0.15) is 28.8 Å². The number of aryl methyl sites for hydroxylation is 1. The molecule has 1 atom stereocenters. The minimum atomic E-state index is 0.